The number of fused-ring (bicyclic) bond motifs is 10. The van der Waals surface area contributed by atoms with Gasteiger partial charge in [0.1, 0.15) is 23.9 Å². The van der Waals surface area contributed by atoms with E-state index in [0.717, 1.165) is 24.8 Å². The molecule has 0 amide bonds. The molecule has 14 heteroatoms. The molecule has 9 fully saturated rings. The highest BCUT2D eigenvalue weighted by atomic mass is 16.7. The molecule has 0 aromatic rings. The summed E-state index contributed by atoms with van der Waals surface area (Å²) in [5, 5.41) is 21.2. The van der Waals surface area contributed by atoms with Gasteiger partial charge in [0.2, 0.25) is 0 Å². The first kappa shape index (κ1) is 44.9. The van der Waals surface area contributed by atoms with Crippen molar-refractivity contribution in [3.8, 4) is 0 Å². The zero-order valence-electron chi connectivity index (χ0n) is 39.2. The fourth-order valence-corrected chi connectivity index (χ4v) is 14.2. The van der Waals surface area contributed by atoms with Gasteiger partial charge in [0, 0.05) is 57.6 Å². The molecule has 0 aliphatic carbocycles. The lowest BCUT2D eigenvalue weighted by Crippen LogP contribution is -2.70. The highest BCUT2D eigenvalue weighted by Crippen LogP contribution is 2.55. The smallest absolute Gasteiger partial charge is 0.331 e. The van der Waals surface area contributed by atoms with Gasteiger partial charge < -0.3 is 62.3 Å². The monoisotopic (exact) mass is 899 g/mol. The largest absolute Gasteiger partial charge is 0.456 e. The average molecular weight is 899 g/mol. The Bertz CT molecular complexity index is 1860. The van der Waals surface area contributed by atoms with Gasteiger partial charge in [-0.15, -0.1) is 0 Å². The van der Waals surface area contributed by atoms with Crippen molar-refractivity contribution >= 4 is 5.97 Å². The predicted molar refractivity (Wildman–Crippen MR) is 229 cm³/mol. The summed E-state index contributed by atoms with van der Waals surface area (Å²) in [5.41, 5.74) is -2.31. The molecule has 11 aliphatic rings. The summed E-state index contributed by atoms with van der Waals surface area (Å²) >= 11 is 0. The zero-order valence-corrected chi connectivity index (χ0v) is 39.2. The van der Waals surface area contributed by atoms with Crippen LogP contribution in [0.3, 0.4) is 0 Å². The van der Waals surface area contributed by atoms with Gasteiger partial charge in [-0.3, -0.25) is 0 Å². The maximum atomic E-state index is 12.3. The molecule has 0 aromatic carbocycles. The molecule has 0 radical (unpaired) electrons. The minimum Gasteiger partial charge on any atom is -0.456 e. The topological polar surface area (TPSA) is 159 Å². The Morgan fingerprint density at radius 2 is 1.47 bits per heavy atom. The minimum absolute atomic E-state index is 0.0936. The molecule has 11 heterocycles. The second kappa shape index (κ2) is 16.0. The Balaban J connectivity index is 0.775. The van der Waals surface area contributed by atoms with Crippen LogP contribution < -0.4 is 0 Å². The molecule has 16 unspecified atom stereocenters. The molecule has 358 valence electrons. The van der Waals surface area contributed by atoms with Gasteiger partial charge in [-0.05, 0) is 91.1 Å². The van der Waals surface area contributed by atoms with Crippen LogP contribution in [-0.4, -0.2) is 155 Å². The third-order valence-electron chi connectivity index (χ3n) is 18.1. The van der Waals surface area contributed by atoms with Crippen LogP contribution >= 0.6 is 0 Å². The van der Waals surface area contributed by atoms with Crippen molar-refractivity contribution in [3.63, 3.8) is 0 Å². The van der Waals surface area contributed by atoms with Gasteiger partial charge in [-0.2, -0.15) is 0 Å². The number of hydrogen-bond donors (Lipinski definition) is 2. The van der Waals surface area contributed by atoms with E-state index >= 15 is 0 Å². The Morgan fingerprint density at radius 1 is 0.703 bits per heavy atom. The third-order valence-corrected chi connectivity index (χ3v) is 18.1. The lowest BCUT2D eigenvalue weighted by Gasteiger charge is -2.60. The van der Waals surface area contributed by atoms with Crippen LogP contribution in [0.15, 0.2) is 23.8 Å². The van der Waals surface area contributed by atoms with E-state index < -0.39 is 34.1 Å². The maximum Gasteiger partial charge on any atom is 0.331 e. The third kappa shape index (κ3) is 7.54. The Hall–Kier alpha value is -1.53. The lowest BCUT2D eigenvalue weighted by atomic mass is 9.72. The van der Waals surface area contributed by atoms with E-state index in [2.05, 4.69) is 46.8 Å². The number of carbonyl (C=O) groups is 1. The Labute approximate surface area is 378 Å². The highest BCUT2D eigenvalue weighted by Gasteiger charge is 2.64. The number of aliphatic hydroxyl groups is 2. The van der Waals surface area contributed by atoms with Crippen LogP contribution in [0.4, 0.5) is 0 Å². The number of esters is 1. The molecular formula is C50H74O14. The first-order valence-electron chi connectivity index (χ1n) is 24.9. The summed E-state index contributed by atoms with van der Waals surface area (Å²) in [6.07, 6.45) is 9.96. The van der Waals surface area contributed by atoms with E-state index in [1.165, 1.54) is 0 Å². The van der Waals surface area contributed by atoms with Crippen LogP contribution in [0.25, 0.3) is 0 Å². The molecule has 14 nitrogen and oxygen atoms in total. The van der Waals surface area contributed by atoms with Crippen molar-refractivity contribution in [1.82, 2.24) is 0 Å². The molecule has 0 aromatic heterocycles. The van der Waals surface area contributed by atoms with E-state index in [9.17, 15) is 15.0 Å². The van der Waals surface area contributed by atoms with Gasteiger partial charge in [0.15, 0.2) is 0 Å². The minimum atomic E-state index is -0.856. The zero-order chi connectivity index (χ0) is 44.7. The second-order valence-corrected chi connectivity index (χ2v) is 23.2. The van der Waals surface area contributed by atoms with Crippen LogP contribution in [0, 0.1) is 11.8 Å². The number of aliphatic hydroxyl groups excluding tert-OH is 2. The number of ether oxygens (including phenoxy) is 11. The molecule has 0 saturated carbocycles. The maximum absolute atomic E-state index is 12.3. The van der Waals surface area contributed by atoms with Gasteiger partial charge in [0.05, 0.1) is 108 Å². The number of rotatable bonds is 3. The Morgan fingerprint density at radius 3 is 2.28 bits per heavy atom. The molecule has 11 rings (SSSR count). The molecule has 9 saturated heterocycles. The van der Waals surface area contributed by atoms with E-state index in [-0.39, 0.29) is 122 Å². The van der Waals surface area contributed by atoms with E-state index in [1.54, 1.807) is 6.08 Å². The Kier molecular flexibility index (Phi) is 11.2. The van der Waals surface area contributed by atoms with Crippen molar-refractivity contribution < 1.29 is 67.1 Å². The fourth-order valence-electron chi connectivity index (χ4n) is 14.2. The van der Waals surface area contributed by atoms with Gasteiger partial charge in [-0.25, -0.2) is 4.79 Å². The van der Waals surface area contributed by atoms with Crippen molar-refractivity contribution in [3.05, 3.63) is 23.8 Å². The highest BCUT2D eigenvalue weighted by molar-refractivity contribution is 5.84. The van der Waals surface area contributed by atoms with Crippen molar-refractivity contribution in [2.24, 2.45) is 11.8 Å². The van der Waals surface area contributed by atoms with Crippen molar-refractivity contribution in [2.45, 2.75) is 264 Å². The van der Waals surface area contributed by atoms with Gasteiger partial charge in [-0.1, -0.05) is 26.0 Å². The molecule has 0 bridgehead atoms. The molecule has 2 N–H and O–H groups in total. The summed E-state index contributed by atoms with van der Waals surface area (Å²) in [5.74, 6) is -0.0407. The van der Waals surface area contributed by atoms with E-state index in [1.807, 2.05) is 20.8 Å². The molecule has 11 aliphatic heterocycles. The predicted octanol–water partition coefficient (Wildman–Crippen LogP) is 5.35. The normalized spacial score (nSPS) is 57.6. The van der Waals surface area contributed by atoms with E-state index in [4.69, 9.17) is 52.1 Å². The summed E-state index contributed by atoms with van der Waals surface area (Å²) in [7, 11) is 0. The second-order valence-electron chi connectivity index (χ2n) is 23.2. The molecule has 64 heavy (non-hydrogen) atoms. The van der Waals surface area contributed by atoms with Crippen molar-refractivity contribution in [2.75, 3.05) is 6.61 Å². The first-order chi connectivity index (χ1) is 30.4. The van der Waals surface area contributed by atoms with Crippen LogP contribution in [0.5, 0.6) is 0 Å². The quantitative estimate of drug-likeness (QED) is 0.276. The first-order valence-corrected chi connectivity index (χ1v) is 24.9. The summed E-state index contributed by atoms with van der Waals surface area (Å²) in [6.45, 7) is 17.0. The lowest BCUT2D eigenvalue weighted by molar-refractivity contribution is -0.356. The van der Waals surface area contributed by atoms with Crippen molar-refractivity contribution in [1.29, 1.82) is 0 Å². The average Bonchev–Trinajstić information content (AvgIpc) is 3.43. The molecular weight excluding hydrogens is 825 g/mol. The van der Waals surface area contributed by atoms with Gasteiger partial charge in [0.25, 0.3) is 0 Å². The summed E-state index contributed by atoms with van der Waals surface area (Å²) < 4.78 is 75.9. The van der Waals surface area contributed by atoms with Crippen LogP contribution in [-0.2, 0) is 56.9 Å². The van der Waals surface area contributed by atoms with Gasteiger partial charge >= 0.3 is 5.97 Å². The standard InChI is InChI=1S/C50H74O14/c1-25(24-51)14-28-17-37(52)50(8)41(54-28)19-33-34(61-50)18-32-29(55-33)10-9-12-46(4)42(58-32)23-49(7)40(62-46)21-39-47(5,64-49)13-11-30-44(60-39)26(2)15-31-36(56-30)22-48(6)38(57-31)20-35-45(63-48)27(3)16-43(53)59-35/h9-10,16,25-26,28-42,44-45,51-52H,11-15,17-24H2,1-8H3/b10-9-/t25?,26-,28-,29?,30?,31?,32?,33?,34?,35?,36?,37+,38?,39?,40?,41?,42?,44?,45?,46+,47-,48+,49+,50+/m1/s1. The number of carbonyl (C=O) groups excluding carboxylic acids is 1. The number of hydrogen-bond acceptors (Lipinski definition) is 14. The molecule has 0 spiro atoms. The fraction of sp³-hybridized carbons (Fsp3) is 0.900. The SMILES string of the molecule is CC1=CC(=O)OC2CC3OC4C[C@@H](C)C5OC6CC7O[C@@]8(C)C/C=C\C9OC%10CC%11O[C@H](CC(C)CO)C[C@H](O)[C@]%11(C)OC%10CC9OC8C[C@]7(C)O[C@]6(C)CCC5OC4C[C@]3(C)OC12. The summed E-state index contributed by atoms with van der Waals surface area (Å²) in [4.78, 5) is 12.3. The van der Waals surface area contributed by atoms with Crippen LogP contribution in [0.1, 0.15) is 132 Å². The van der Waals surface area contributed by atoms with E-state index in [0.29, 0.717) is 57.8 Å². The summed E-state index contributed by atoms with van der Waals surface area (Å²) in [6, 6.07) is 0. The van der Waals surface area contributed by atoms with Crippen LogP contribution in [0.2, 0.25) is 0 Å². The molecule has 24 atom stereocenters.